The van der Waals surface area contributed by atoms with Gasteiger partial charge in [0.2, 0.25) is 41.4 Å². The van der Waals surface area contributed by atoms with Crippen molar-refractivity contribution in [3.63, 3.8) is 0 Å². The number of unbranched alkanes of at least 4 members (excludes halogenated alkanes) is 1. The van der Waals surface area contributed by atoms with Gasteiger partial charge in [0.15, 0.2) is 5.96 Å². The van der Waals surface area contributed by atoms with Crippen LogP contribution in [0.4, 0.5) is 0 Å². The van der Waals surface area contributed by atoms with E-state index in [4.69, 9.17) is 22.6 Å². The smallest absolute Gasteiger partial charge is 0.245 e. The van der Waals surface area contributed by atoms with Crippen LogP contribution in [0.3, 0.4) is 0 Å². The lowest BCUT2D eigenvalue weighted by molar-refractivity contribution is -0.142. The van der Waals surface area contributed by atoms with E-state index in [-0.39, 0.29) is 38.2 Å². The number of fused-ring (bicyclic) bond motifs is 1. The first-order valence-electron chi connectivity index (χ1n) is 20.2. The molecule has 0 unspecified atom stereocenters. The molecule has 0 spiro atoms. The van der Waals surface area contributed by atoms with Crippen LogP contribution in [0.5, 0.6) is 0 Å². The summed E-state index contributed by atoms with van der Waals surface area (Å²) in [5, 5.41) is 24.2. The lowest BCUT2D eigenvalue weighted by Gasteiger charge is -2.30. The Kier molecular flexibility index (Phi) is 17.8. The summed E-state index contributed by atoms with van der Waals surface area (Å²) in [4.78, 5) is 97.4. The Morgan fingerprint density at radius 1 is 0.800 bits per heavy atom. The van der Waals surface area contributed by atoms with Crippen LogP contribution in [0.2, 0.25) is 0 Å². The van der Waals surface area contributed by atoms with Gasteiger partial charge in [0, 0.05) is 50.0 Å². The fourth-order valence-electron chi connectivity index (χ4n) is 7.18. The van der Waals surface area contributed by atoms with Crippen LogP contribution in [0, 0.1) is 5.41 Å². The number of carbonyl (C=O) groups excluding carboxylic acids is 7. The summed E-state index contributed by atoms with van der Waals surface area (Å²) in [6, 6.07) is 11.2. The largest absolute Gasteiger partial charge is 0.370 e. The van der Waals surface area contributed by atoms with Crippen molar-refractivity contribution in [2.24, 2.45) is 17.2 Å². The number of rotatable bonds is 23. The molecule has 0 bridgehead atoms. The third kappa shape index (κ3) is 14.1. The molecule has 0 radical (unpaired) electrons. The van der Waals surface area contributed by atoms with E-state index in [1.54, 1.807) is 36.5 Å². The molecule has 19 heteroatoms. The molecule has 1 aliphatic heterocycles. The molecule has 4 rings (SSSR count). The summed E-state index contributed by atoms with van der Waals surface area (Å²) in [6.45, 7) is 1.70. The number of hydrogen-bond donors (Lipinski definition) is 11. The fourth-order valence-corrected chi connectivity index (χ4v) is 7.18. The summed E-state index contributed by atoms with van der Waals surface area (Å²) in [6.07, 6.45) is 4.74. The van der Waals surface area contributed by atoms with Crippen molar-refractivity contribution >= 4 is 58.2 Å². The number of likely N-dealkylation sites (tertiary alicyclic amines) is 1. The number of guanidine groups is 1. The Labute approximate surface area is 348 Å². The third-order valence-corrected chi connectivity index (χ3v) is 10.2. The molecule has 2 heterocycles. The van der Waals surface area contributed by atoms with Gasteiger partial charge >= 0.3 is 0 Å². The highest BCUT2D eigenvalue weighted by Crippen LogP contribution is 2.21. The van der Waals surface area contributed by atoms with E-state index in [0.717, 1.165) is 22.0 Å². The van der Waals surface area contributed by atoms with Gasteiger partial charge in [0.1, 0.15) is 30.2 Å². The normalized spacial score (nSPS) is 15.5. The van der Waals surface area contributed by atoms with Crippen molar-refractivity contribution in [2.45, 2.75) is 94.9 Å². The molecule has 2 aromatic carbocycles. The standard InChI is InChI=1S/C41H58N12O7/c1-25(54)49-31(16-9-19-46-41(44)45)40(60)53-20-10-17-34(53)39(59)52-32(21-26-11-3-2-4-12-26)37(57)48-24-35(55)50-33(22-27-23-47-29-14-6-5-13-28(27)29)38(58)51-30(36(43)56)15-7-8-18-42/h2-6,11-14,23,30-34,47H,7-10,15-22,24,42H2,1H3,(H2,43,56)(H,48,57)(H,49,54)(H,50,55)(H,51,58)(H,52,59)(H4,44,45,46)/t30-,31-,32-,33-,34-/m0/s1. The number of amides is 7. The molecule has 1 saturated heterocycles. The van der Waals surface area contributed by atoms with Crippen molar-refractivity contribution < 1.29 is 33.6 Å². The summed E-state index contributed by atoms with van der Waals surface area (Å²) in [5.74, 6) is -4.43. The highest BCUT2D eigenvalue weighted by Gasteiger charge is 2.39. The zero-order valence-corrected chi connectivity index (χ0v) is 33.9. The summed E-state index contributed by atoms with van der Waals surface area (Å²) < 4.78 is 0. The number of hydrogen-bond acceptors (Lipinski definition) is 9. The number of H-pyrrole nitrogens is 1. The van der Waals surface area contributed by atoms with Crippen LogP contribution in [0.1, 0.15) is 63.0 Å². The maximum atomic E-state index is 13.9. The van der Waals surface area contributed by atoms with E-state index < -0.39 is 78.1 Å². The average Bonchev–Trinajstić information content (AvgIpc) is 3.88. The molecule has 1 aromatic heterocycles. The number of aromatic amines is 1. The van der Waals surface area contributed by atoms with Gasteiger partial charge in [-0.05, 0) is 68.7 Å². The van der Waals surface area contributed by atoms with Gasteiger partial charge in [-0.15, -0.1) is 0 Å². The monoisotopic (exact) mass is 830 g/mol. The van der Waals surface area contributed by atoms with Crippen molar-refractivity contribution in [2.75, 3.05) is 26.2 Å². The molecule has 19 nitrogen and oxygen atoms in total. The second-order valence-electron chi connectivity index (χ2n) is 14.8. The summed E-state index contributed by atoms with van der Waals surface area (Å²) in [7, 11) is 0. The second kappa shape index (κ2) is 23.2. The Balaban J connectivity index is 1.47. The maximum absolute atomic E-state index is 13.9. The zero-order chi connectivity index (χ0) is 43.6. The van der Waals surface area contributed by atoms with Gasteiger partial charge in [-0.3, -0.25) is 39.0 Å². The first kappa shape index (κ1) is 46.2. The van der Waals surface area contributed by atoms with Crippen LogP contribution in [0.15, 0.2) is 60.8 Å². The van der Waals surface area contributed by atoms with Gasteiger partial charge in [-0.2, -0.15) is 0 Å². The first-order chi connectivity index (χ1) is 28.8. The van der Waals surface area contributed by atoms with Gasteiger partial charge in [-0.1, -0.05) is 48.5 Å². The minimum Gasteiger partial charge on any atom is -0.370 e. The van der Waals surface area contributed by atoms with Crippen molar-refractivity contribution in [1.29, 1.82) is 5.41 Å². The average molecular weight is 831 g/mol. The second-order valence-corrected chi connectivity index (χ2v) is 14.8. The molecule has 0 saturated carbocycles. The predicted molar refractivity (Wildman–Crippen MR) is 225 cm³/mol. The minimum absolute atomic E-state index is 0.0468. The SMILES string of the molecule is CC(=O)N[C@@H](CCCNC(=N)N)C(=O)N1CCC[C@H]1C(=O)N[C@@H](Cc1ccccc1)C(=O)NCC(=O)N[C@@H](Cc1c[nH]c2ccccc12)C(=O)N[C@@H](CCCCN)C(N)=O. The maximum Gasteiger partial charge on any atom is 0.245 e. The summed E-state index contributed by atoms with van der Waals surface area (Å²) >= 11 is 0. The number of nitrogens with zero attached hydrogens (tertiary/aromatic N) is 1. The van der Waals surface area contributed by atoms with Crippen molar-refractivity contribution in [1.82, 2.24) is 41.8 Å². The quantitative estimate of drug-likeness (QED) is 0.0311. The topological polar surface area (TPSA) is 313 Å². The Morgan fingerprint density at radius 2 is 1.50 bits per heavy atom. The molecule has 1 aliphatic rings. The Hall–Kier alpha value is -6.50. The van der Waals surface area contributed by atoms with Crippen molar-refractivity contribution in [3.05, 3.63) is 71.9 Å². The van der Waals surface area contributed by atoms with Crippen LogP contribution < -0.4 is 49.1 Å². The molecule has 3 aromatic rings. The summed E-state index contributed by atoms with van der Waals surface area (Å²) in [5.41, 5.74) is 18.8. The van der Waals surface area contributed by atoms with E-state index in [2.05, 4.69) is 36.9 Å². The lowest BCUT2D eigenvalue weighted by atomic mass is 10.0. The Bertz CT molecular complexity index is 1970. The zero-order valence-electron chi connectivity index (χ0n) is 33.9. The molecular weight excluding hydrogens is 773 g/mol. The number of nitrogens with two attached hydrogens (primary N) is 3. The molecule has 60 heavy (non-hydrogen) atoms. The number of para-hydroxylation sites is 1. The van der Waals surface area contributed by atoms with E-state index in [0.29, 0.717) is 45.2 Å². The highest BCUT2D eigenvalue weighted by atomic mass is 16.2. The third-order valence-electron chi connectivity index (χ3n) is 10.2. The number of benzene rings is 2. The molecule has 1 fully saturated rings. The van der Waals surface area contributed by atoms with Gasteiger partial charge < -0.3 is 59.0 Å². The number of aromatic nitrogens is 1. The fraction of sp³-hybridized carbons (Fsp3) is 0.463. The minimum atomic E-state index is -1.16. The highest BCUT2D eigenvalue weighted by molar-refractivity contribution is 5.96. The van der Waals surface area contributed by atoms with Gasteiger partial charge in [0.05, 0.1) is 6.54 Å². The lowest BCUT2D eigenvalue weighted by Crippen LogP contribution is -2.57. The molecule has 324 valence electrons. The molecular formula is C41H58N12O7. The first-order valence-corrected chi connectivity index (χ1v) is 20.2. The molecule has 5 atom stereocenters. The Morgan fingerprint density at radius 3 is 2.20 bits per heavy atom. The van der Waals surface area contributed by atoms with Crippen LogP contribution >= 0.6 is 0 Å². The van der Waals surface area contributed by atoms with Gasteiger partial charge in [-0.25, -0.2) is 0 Å². The van der Waals surface area contributed by atoms with Crippen LogP contribution in [-0.4, -0.2) is 114 Å². The number of carbonyl (C=O) groups is 7. The van der Waals surface area contributed by atoms with E-state index in [9.17, 15) is 33.6 Å². The van der Waals surface area contributed by atoms with E-state index in [1.807, 2.05) is 24.3 Å². The molecule has 7 amide bonds. The van der Waals surface area contributed by atoms with Crippen molar-refractivity contribution in [3.8, 4) is 0 Å². The van der Waals surface area contributed by atoms with Gasteiger partial charge in [0.25, 0.3) is 0 Å². The van der Waals surface area contributed by atoms with Crippen LogP contribution in [0.25, 0.3) is 10.9 Å². The molecule has 0 aliphatic carbocycles. The van der Waals surface area contributed by atoms with E-state index in [1.165, 1.54) is 11.8 Å². The number of nitrogens with one attached hydrogen (secondary N) is 8. The van der Waals surface area contributed by atoms with E-state index >= 15 is 0 Å². The molecule has 14 N–H and O–H groups in total. The van der Waals surface area contributed by atoms with Crippen LogP contribution in [-0.2, 0) is 46.4 Å². The predicted octanol–water partition coefficient (Wildman–Crippen LogP) is -1.10. The number of primary amides is 1.